The van der Waals surface area contributed by atoms with Crippen molar-refractivity contribution < 1.29 is 19.1 Å². The van der Waals surface area contributed by atoms with Gasteiger partial charge in [0.05, 0.1) is 19.6 Å². The normalized spacial score (nSPS) is 14.5. The average molecular weight is 528 g/mol. The van der Waals surface area contributed by atoms with Crippen molar-refractivity contribution in [2.24, 2.45) is 5.92 Å². The molecule has 0 radical (unpaired) electrons. The third-order valence-electron chi connectivity index (χ3n) is 7.28. The van der Waals surface area contributed by atoms with Gasteiger partial charge < -0.3 is 10.1 Å². The molecule has 0 saturated heterocycles. The molecule has 4 rings (SSSR count). The average Bonchev–Trinajstić information content (AvgIpc) is 2.91. The van der Waals surface area contributed by atoms with Gasteiger partial charge in [-0.05, 0) is 72.6 Å². The molecule has 0 fully saturated rings. The molecule has 2 atom stereocenters. The predicted octanol–water partition coefficient (Wildman–Crippen LogP) is 5.48. The standard InChI is InChI=1S/C32H37N3O4/c1-20(2)15-28(35-27-12-7-6-11-23(27)13-14-29(35)36)32(38)34-26(17-30(37)39-5)24-16-25(19-33-18-24)31-21(3)9-8-10-22(31)4/h6-12,16,18-20,26,28H,13-15,17H2,1-5H3,(H,34,38)/t26-,28?/m0/s1. The van der Waals surface area contributed by atoms with Crippen molar-refractivity contribution in [3.63, 3.8) is 0 Å². The van der Waals surface area contributed by atoms with Gasteiger partial charge in [0, 0.05) is 30.1 Å². The second kappa shape index (κ2) is 12.2. The maximum Gasteiger partial charge on any atom is 0.307 e. The fourth-order valence-corrected chi connectivity index (χ4v) is 5.40. The Balaban J connectivity index is 1.70. The predicted molar refractivity (Wildman–Crippen MR) is 152 cm³/mol. The van der Waals surface area contributed by atoms with E-state index in [4.69, 9.17) is 4.74 Å². The van der Waals surface area contributed by atoms with Gasteiger partial charge in [-0.2, -0.15) is 0 Å². The molecule has 1 N–H and O–H groups in total. The van der Waals surface area contributed by atoms with E-state index < -0.39 is 18.1 Å². The lowest BCUT2D eigenvalue weighted by Crippen LogP contribution is -2.52. The molecule has 0 spiro atoms. The lowest BCUT2D eigenvalue weighted by atomic mass is 9.93. The largest absolute Gasteiger partial charge is 0.469 e. The summed E-state index contributed by atoms with van der Waals surface area (Å²) >= 11 is 0. The number of benzene rings is 2. The molecule has 1 aliphatic heterocycles. The summed E-state index contributed by atoms with van der Waals surface area (Å²) in [4.78, 5) is 45.7. The fourth-order valence-electron chi connectivity index (χ4n) is 5.40. The molecule has 1 unspecified atom stereocenters. The number of nitrogens with zero attached hydrogens (tertiary/aromatic N) is 2. The molecule has 204 valence electrons. The van der Waals surface area contributed by atoms with E-state index in [1.807, 2.05) is 76.2 Å². The second-order valence-corrected chi connectivity index (χ2v) is 10.7. The Hall–Kier alpha value is -4.00. The quantitative estimate of drug-likeness (QED) is 0.372. The summed E-state index contributed by atoms with van der Waals surface area (Å²) in [5, 5.41) is 3.09. The summed E-state index contributed by atoms with van der Waals surface area (Å²) in [6, 6.07) is 14.4. The monoisotopic (exact) mass is 527 g/mol. The number of aryl methyl sites for hydroxylation is 3. The second-order valence-electron chi connectivity index (χ2n) is 10.7. The molecule has 7 heteroatoms. The van der Waals surface area contributed by atoms with Crippen LogP contribution >= 0.6 is 0 Å². The van der Waals surface area contributed by atoms with Crippen LogP contribution in [0.15, 0.2) is 60.9 Å². The molecule has 0 aliphatic carbocycles. The van der Waals surface area contributed by atoms with Gasteiger partial charge in [-0.1, -0.05) is 50.2 Å². The van der Waals surface area contributed by atoms with Crippen molar-refractivity contribution in [3.05, 3.63) is 83.2 Å². The number of ether oxygens (including phenoxy) is 1. The molecule has 7 nitrogen and oxygen atoms in total. The Kier molecular flexibility index (Phi) is 8.79. The maximum atomic E-state index is 14.0. The van der Waals surface area contributed by atoms with Crippen molar-refractivity contribution in [2.45, 2.75) is 65.5 Å². The Morgan fingerprint density at radius 1 is 1.03 bits per heavy atom. The topological polar surface area (TPSA) is 88.6 Å². The number of pyridine rings is 1. The van der Waals surface area contributed by atoms with Crippen molar-refractivity contribution in [3.8, 4) is 11.1 Å². The van der Waals surface area contributed by atoms with Crippen LogP contribution in [0.5, 0.6) is 0 Å². The zero-order chi connectivity index (χ0) is 28.1. The summed E-state index contributed by atoms with van der Waals surface area (Å²) in [5.74, 6) is -0.661. The molecule has 1 aliphatic rings. The minimum Gasteiger partial charge on any atom is -0.469 e. The zero-order valence-corrected chi connectivity index (χ0v) is 23.4. The highest BCUT2D eigenvalue weighted by atomic mass is 16.5. The summed E-state index contributed by atoms with van der Waals surface area (Å²) in [7, 11) is 1.33. The number of carbonyl (C=O) groups is 3. The molecule has 0 bridgehead atoms. The van der Waals surface area contributed by atoms with Gasteiger partial charge in [0.1, 0.15) is 6.04 Å². The molecule has 0 saturated carbocycles. The van der Waals surface area contributed by atoms with Gasteiger partial charge in [0.25, 0.3) is 0 Å². The highest BCUT2D eigenvalue weighted by molar-refractivity contribution is 6.03. The van der Waals surface area contributed by atoms with E-state index in [-0.39, 0.29) is 24.2 Å². The van der Waals surface area contributed by atoms with Gasteiger partial charge in [-0.25, -0.2) is 0 Å². The van der Waals surface area contributed by atoms with E-state index in [1.54, 1.807) is 17.3 Å². The number of nitrogens with one attached hydrogen (secondary N) is 1. The van der Waals surface area contributed by atoms with E-state index in [1.165, 1.54) is 7.11 Å². The molecule has 39 heavy (non-hydrogen) atoms. The van der Waals surface area contributed by atoms with Crippen LogP contribution in [0.1, 0.15) is 61.4 Å². The number of anilines is 1. The van der Waals surface area contributed by atoms with E-state index >= 15 is 0 Å². The van der Waals surface area contributed by atoms with Gasteiger partial charge in [-0.15, -0.1) is 0 Å². The van der Waals surface area contributed by atoms with E-state index in [0.29, 0.717) is 24.8 Å². The van der Waals surface area contributed by atoms with E-state index in [2.05, 4.69) is 10.3 Å². The Labute approximate surface area is 230 Å². The molecular formula is C32H37N3O4. The van der Waals surface area contributed by atoms with Crippen LogP contribution in [0, 0.1) is 19.8 Å². The first kappa shape index (κ1) is 28.0. The molecule has 1 aromatic heterocycles. The number of para-hydroxylation sites is 1. The number of hydrogen-bond acceptors (Lipinski definition) is 5. The Morgan fingerprint density at radius 3 is 2.44 bits per heavy atom. The minimum absolute atomic E-state index is 0.0565. The first-order chi connectivity index (χ1) is 18.7. The highest BCUT2D eigenvalue weighted by Gasteiger charge is 2.36. The SMILES string of the molecule is COC(=O)C[C@H](NC(=O)C(CC(C)C)N1C(=O)CCc2ccccc21)c1cncc(-c2c(C)cccc2C)c1. The smallest absolute Gasteiger partial charge is 0.307 e. The summed E-state index contributed by atoms with van der Waals surface area (Å²) in [5.41, 5.74) is 6.73. The van der Waals surface area contributed by atoms with Gasteiger partial charge >= 0.3 is 5.97 Å². The number of carbonyl (C=O) groups excluding carboxylic acids is 3. The third kappa shape index (κ3) is 6.36. The fraction of sp³-hybridized carbons (Fsp3) is 0.375. The number of hydrogen-bond donors (Lipinski definition) is 1. The lowest BCUT2D eigenvalue weighted by molar-refractivity contribution is -0.141. The highest BCUT2D eigenvalue weighted by Crippen LogP contribution is 2.33. The number of rotatable bonds is 9. The van der Waals surface area contributed by atoms with Crippen LogP contribution in [0.3, 0.4) is 0 Å². The first-order valence-corrected chi connectivity index (χ1v) is 13.5. The van der Waals surface area contributed by atoms with Crippen molar-refractivity contribution in [1.29, 1.82) is 0 Å². The third-order valence-corrected chi connectivity index (χ3v) is 7.28. The van der Waals surface area contributed by atoms with Crippen LogP contribution in [0.2, 0.25) is 0 Å². The first-order valence-electron chi connectivity index (χ1n) is 13.5. The molecule has 2 amide bonds. The zero-order valence-electron chi connectivity index (χ0n) is 23.4. The van der Waals surface area contributed by atoms with Gasteiger partial charge in [-0.3, -0.25) is 24.3 Å². The molecule has 2 aromatic carbocycles. The van der Waals surface area contributed by atoms with E-state index in [0.717, 1.165) is 33.5 Å². The summed E-state index contributed by atoms with van der Waals surface area (Å²) in [6.45, 7) is 8.16. The van der Waals surface area contributed by atoms with Crippen LogP contribution in [0.25, 0.3) is 11.1 Å². The summed E-state index contributed by atoms with van der Waals surface area (Å²) in [6.07, 6.45) is 4.90. The van der Waals surface area contributed by atoms with Crippen LogP contribution in [-0.4, -0.2) is 35.9 Å². The Morgan fingerprint density at radius 2 is 1.74 bits per heavy atom. The van der Waals surface area contributed by atoms with Crippen LogP contribution in [-0.2, 0) is 25.5 Å². The van der Waals surface area contributed by atoms with Gasteiger partial charge in [0.15, 0.2) is 0 Å². The van der Waals surface area contributed by atoms with Crippen molar-refractivity contribution in [2.75, 3.05) is 12.0 Å². The molecular weight excluding hydrogens is 490 g/mol. The molecule has 3 aromatic rings. The van der Waals surface area contributed by atoms with Crippen LogP contribution < -0.4 is 10.2 Å². The number of methoxy groups -OCH3 is 1. The van der Waals surface area contributed by atoms with Gasteiger partial charge in [0.2, 0.25) is 11.8 Å². The molecule has 2 heterocycles. The van der Waals surface area contributed by atoms with E-state index in [9.17, 15) is 14.4 Å². The lowest BCUT2D eigenvalue weighted by Gasteiger charge is -2.37. The number of amides is 2. The van der Waals surface area contributed by atoms with Crippen molar-refractivity contribution in [1.82, 2.24) is 10.3 Å². The maximum absolute atomic E-state index is 14.0. The number of esters is 1. The summed E-state index contributed by atoms with van der Waals surface area (Å²) < 4.78 is 4.97. The minimum atomic E-state index is -0.714. The number of fused-ring (bicyclic) bond motifs is 1. The van der Waals surface area contributed by atoms with Crippen molar-refractivity contribution >= 4 is 23.5 Å². The number of aromatic nitrogens is 1. The van der Waals surface area contributed by atoms with Crippen LogP contribution in [0.4, 0.5) is 5.69 Å². The Bertz CT molecular complexity index is 1350.